The molecule has 7 nitrogen and oxygen atoms in total. The number of hydrogen-bond donors (Lipinski definition) is 1. The normalized spacial score (nSPS) is 30.7. The number of rotatable bonds is 1. The largest absolute Gasteiger partial charge is 0.433 e. The fraction of sp³-hybridized carbons (Fsp3) is 0.500. The topological polar surface area (TPSA) is 88.2 Å². The van der Waals surface area contributed by atoms with Crippen molar-refractivity contribution >= 4 is 28.7 Å². The Morgan fingerprint density at radius 1 is 1.19 bits per heavy atom. The molecule has 1 N–H and O–H groups in total. The molecule has 0 aliphatic carbocycles. The molecule has 0 spiro atoms. The summed E-state index contributed by atoms with van der Waals surface area (Å²) in [6.07, 6.45) is -3.68. The highest BCUT2D eigenvalue weighted by Crippen LogP contribution is 2.50. The van der Waals surface area contributed by atoms with Crippen molar-refractivity contribution in [1.29, 1.82) is 0 Å². The Balaban J connectivity index is 1.62. The zero-order valence-electron chi connectivity index (χ0n) is 13.5. The number of fused-ring (bicyclic) bond motifs is 6. The van der Waals surface area contributed by atoms with Crippen molar-refractivity contribution in [2.45, 2.75) is 38.1 Å². The monoisotopic (exact) mass is 366 g/mol. The minimum absolute atomic E-state index is 0.0162. The van der Waals surface area contributed by atoms with E-state index in [0.717, 1.165) is 23.8 Å². The van der Waals surface area contributed by atoms with Gasteiger partial charge in [0.2, 0.25) is 11.8 Å². The first kappa shape index (κ1) is 15.7. The van der Waals surface area contributed by atoms with Crippen molar-refractivity contribution in [2.75, 3.05) is 4.90 Å². The van der Waals surface area contributed by atoms with Gasteiger partial charge in [-0.2, -0.15) is 18.3 Å². The van der Waals surface area contributed by atoms with Gasteiger partial charge in [0.25, 0.3) is 0 Å². The predicted octanol–water partition coefficient (Wildman–Crippen LogP) is 1.95. The molecule has 26 heavy (non-hydrogen) atoms. The fourth-order valence-corrected chi connectivity index (χ4v) is 4.43. The molecule has 3 saturated heterocycles. The summed E-state index contributed by atoms with van der Waals surface area (Å²) in [5.74, 6) is -1.85. The number of pyridine rings is 1. The summed E-state index contributed by atoms with van der Waals surface area (Å²) < 4.78 is 44.5. The maximum Gasteiger partial charge on any atom is 0.433 e. The minimum atomic E-state index is -4.60. The van der Waals surface area contributed by atoms with Crippen LogP contribution in [-0.4, -0.2) is 39.2 Å². The van der Waals surface area contributed by atoms with Crippen molar-refractivity contribution < 1.29 is 27.5 Å². The third-order valence-electron chi connectivity index (χ3n) is 5.49. The maximum absolute atomic E-state index is 12.9. The summed E-state index contributed by atoms with van der Waals surface area (Å²) in [5, 5.41) is 6.62. The van der Waals surface area contributed by atoms with E-state index in [2.05, 4.69) is 15.2 Å². The van der Waals surface area contributed by atoms with Crippen LogP contribution in [0.3, 0.4) is 0 Å². The van der Waals surface area contributed by atoms with E-state index >= 15 is 0 Å². The van der Waals surface area contributed by atoms with E-state index in [0.29, 0.717) is 0 Å². The summed E-state index contributed by atoms with van der Waals surface area (Å²) in [4.78, 5) is 30.2. The Hall–Kier alpha value is -2.49. The molecule has 3 aliphatic heterocycles. The van der Waals surface area contributed by atoms with E-state index in [9.17, 15) is 22.8 Å². The second-order valence-corrected chi connectivity index (χ2v) is 6.95. The maximum atomic E-state index is 12.9. The second kappa shape index (κ2) is 4.81. The number of amides is 2. The Bertz CT molecular complexity index is 942. The van der Waals surface area contributed by atoms with Gasteiger partial charge in [-0.25, -0.2) is 9.88 Å². The third kappa shape index (κ3) is 1.87. The van der Waals surface area contributed by atoms with Gasteiger partial charge in [0.15, 0.2) is 11.5 Å². The van der Waals surface area contributed by atoms with Crippen LogP contribution >= 0.6 is 0 Å². The van der Waals surface area contributed by atoms with Crippen LogP contribution in [0.1, 0.15) is 24.1 Å². The third-order valence-corrected chi connectivity index (χ3v) is 5.49. The highest BCUT2D eigenvalue weighted by atomic mass is 19.4. The van der Waals surface area contributed by atoms with Gasteiger partial charge in [0.1, 0.15) is 5.69 Å². The fourth-order valence-electron chi connectivity index (χ4n) is 4.43. The van der Waals surface area contributed by atoms with Crippen LogP contribution in [0.25, 0.3) is 11.0 Å². The summed E-state index contributed by atoms with van der Waals surface area (Å²) in [6.45, 7) is 1.47. The number of aryl methyl sites for hydroxylation is 1. The quantitative estimate of drug-likeness (QED) is 0.780. The van der Waals surface area contributed by atoms with Gasteiger partial charge in [-0.05, 0) is 31.4 Å². The smallest absolute Gasteiger partial charge is 0.373 e. The van der Waals surface area contributed by atoms with Crippen LogP contribution in [0.2, 0.25) is 0 Å². The molecule has 3 aliphatic rings. The Kier molecular flexibility index (Phi) is 2.91. The molecular formula is C16H13F3N4O3. The van der Waals surface area contributed by atoms with Crippen LogP contribution in [0.5, 0.6) is 0 Å². The zero-order valence-corrected chi connectivity index (χ0v) is 13.5. The standard InChI is InChI=1S/C16H13F3N4O3/c1-5-4-8(16(17,18)19)20-12-9(5)13(22-21-12)23-14(24)10-6-2-3-7(26-6)11(10)15(23)25/h4,6-7,10-11H,2-3H2,1H3,(H,20,21,22)/t6-,7-,10-,11-/m0/s1. The van der Waals surface area contributed by atoms with E-state index in [4.69, 9.17) is 4.74 Å². The number of nitrogens with one attached hydrogen (secondary N) is 1. The molecule has 0 saturated carbocycles. The SMILES string of the molecule is Cc1cc(C(F)(F)F)nc2[nH]nc(N3C(=O)[C@@H]4[C@@H](C3=O)[C@@H]3CC[C@@H]4O3)c12. The lowest BCUT2D eigenvalue weighted by atomic mass is 9.81. The first-order valence-electron chi connectivity index (χ1n) is 8.23. The predicted molar refractivity (Wildman–Crippen MR) is 81.0 cm³/mol. The number of H-pyrrole nitrogens is 1. The number of carbonyl (C=O) groups excluding carboxylic acids is 2. The second-order valence-electron chi connectivity index (χ2n) is 6.95. The number of aromatic amines is 1. The van der Waals surface area contributed by atoms with Crippen molar-refractivity contribution in [3.05, 3.63) is 17.3 Å². The number of imide groups is 1. The number of anilines is 1. The van der Waals surface area contributed by atoms with Crippen LogP contribution in [0.15, 0.2) is 6.07 Å². The molecule has 3 fully saturated rings. The van der Waals surface area contributed by atoms with Gasteiger partial charge in [-0.3, -0.25) is 14.7 Å². The van der Waals surface area contributed by atoms with Gasteiger partial charge in [-0.15, -0.1) is 0 Å². The molecule has 2 aromatic rings. The molecule has 2 amide bonds. The van der Waals surface area contributed by atoms with Crippen molar-refractivity contribution in [1.82, 2.24) is 15.2 Å². The Labute approximate surface area is 144 Å². The number of nitrogens with zero attached hydrogens (tertiary/aromatic N) is 3. The van der Waals surface area contributed by atoms with E-state index in [1.165, 1.54) is 6.92 Å². The Morgan fingerprint density at radius 3 is 2.38 bits per heavy atom. The van der Waals surface area contributed by atoms with E-state index < -0.39 is 35.5 Å². The van der Waals surface area contributed by atoms with Gasteiger partial charge < -0.3 is 4.74 Å². The average Bonchev–Trinajstić information content (AvgIpc) is 3.30. The molecule has 2 aromatic heterocycles. The highest BCUT2D eigenvalue weighted by molar-refractivity contribution is 6.24. The number of hydrogen-bond acceptors (Lipinski definition) is 5. The lowest BCUT2D eigenvalue weighted by molar-refractivity contribution is -0.141. The Morgan fingerprint density at radius 2 is 1.81 bits per heavy atom. The molecule has 0 aromatic carbocycles. The van der Waals surface area contributed by atoms with Gasteiger partial charge in [0.05, 0.1) is 29.4 Å². The number of ether oxygens (including phenoxy) is 1. The zero-order chi connectivity index (χ0) is 18.4. The van der Waals surface area contributed by atoms with E-state index in [-0.39, 0.29) is 34.6 Å². The lowest BCUT2D eigenvalue weighted by Crippen LogP contribution is -2.34. The number of aromatic nitrogens is 3. The highest BCUT2D eigenvalue weighted by Gasteiger charge is 2.63. The average molecular weight is 366 g/mol. The minimum Gasteiger partial charge on any atom is -0.373 e. The molecule has 0 radical (unpaired) electrons. The van der Waals surface area contributed by atoms with Crippen molar-refractivity contribution in [2.24, 2.45) is 11.8 Å². The summed E-state index contributed by atoms with van der Waals surface area (Å²) in [7, 11) is 0. The van der Waals surface area contributed by atoms with Crippen LogP contribution in [-0.2, 0) is 20.5 Å². The summed E-state index contributed by atoms with van der Waals surface area (Å²) in [6, 6.07) is 0.889. The molecule has 4 atom stereocenters. The number of halogens is 3. The van der Waals surface area contributed by atoms with Gasteiger partial charge in [0, 0.05) is 0 Å². The summed E-state index contributed by atoms with van der Waals surface area (Å²) in [5.41, 5.74) is -0.924. The van der Waals surface area contributed by atoms with E-state index in [1.54, 1.807) is 0 Å². The van der Waals surface area contributed by atoms with Crippen molar-refractivity contribution in [3.8, 4) is 0 Å². The molecule has 0 unspecified atom stereocenters. The van der Waals surface area contributed by atoms with Crippen LogP contribution < -0.4 is 4.90 Å². The molecule has 5 rings (SSSR count). The first-order valence-corrected chi connectivity index (χ1v) is 8.23. The van der Waals surface area contributed by atoms with E-state index in [1.807, 2.05) is 0 Å². The lowest BCUT2D eigenvalue weighted by Gasteiger charge is -2.16. The molecule has 5 heterocycles. The van der Waals surface area contributed by atoms with Gasteiger partial charge >= 0.3 is 6.18 Å². The van der Waals surface area contributed by atoms with Crippen LogP contribution in [0, 0.1) is 18.8 Å². The van der Waals surface area contributed by atoms with Crippen molar-refractivity contribution in [3.63, 3.8) is 0 Å². The molecular weight excluding hydrogens is 353 g/mol. The number of alkyl halides is 3. The molecule has 10 heteroatoms. The van der Waals surface area contributed by atoms with Gasteiger partial charge in [-0.1, -0.05) is 0 Å². The number of carbonyl (C=O) groups is 2. The summed E-state index contributed by atoms with van der Waals surface area (Å²) >= 11 is 0. The van der Waals surface area contributed by atoms with Crippen LogP contribution in [0.4, 0.5) is 19.0 Å². The molecule has 2 bridgehead atoms. The first-order chi connectivity index (χ1) is 12.3. The molecule has 136 valence electrons.